The third kappa shape index (κ3) is 13.9. The van der Waals surface area contributed by atoms with Gasteiger partial charge in [0.05, 0.1) is 0 Å². The Morgan fingerprint density at radius 3 is 1.26 bits per heavy atom. The predicted molar refractivity (Wildman–Crippen MR) is 270 cm³/mol. The minimum absolute atomic E-state index is 0.0988. The smallest absolute Gasteiger partial charge is 0.388 e. The van der Waals surface area contributed by atoms with Crippen molar-refractivity contribution in [3.05, 3.63) is 140 Å². The standard InChI is InChI=1S/C30H40O3.C27H35F3O4S/c1-8-30(9-2,25-14-10-23(21(3)18-25)12-16-27(32)20-31)26-15-11-24(22(4)19-26)13-17-28(33)29(5,6)7;1-8-26(9-2,21-12-10-20(18(3)16-21)11-15-24(31)25(5,6)7)22-13-14-23(19(4)17-22)34-35(32,33)27(28,29)30/h10-12,14-16,18-19,31H,8-9,13,17,20H2,1-7H3;10,12-14,16-17H,8-9,11,15H2,1-7H3/b16-12+;. The van der Waals surface area contributed by atoms with Crippen LogP contribution in [-0.4, -0.2) is 43.0 Å². The number of hydrogen-bond donors (Lipinski definition) is 1. The summed E-state index contributed by atoms with van der Waals surface area (Å²) in [5.41, 5.74) is 4.85. The average molecular weight is 961 g/mol. The lowest BCUT2D eigenvalue weighted by atomic mass is 9.69. The Morgan fingerprint density at radius 1 is 0.574 bits per heavy atom. The Balaban J connectivity index is 0.000000361. The summed E-state index contributed by atoms with van der Waals surface area (Å²) in [4.78, 5) is 36.2. The number of Topliss-reactive ketones (excluding diaryl/α,β-unsaturated/α-hetero) is 2. The van der Waals surface area contributed by atoms with Crippen molar-refractivity contribution < 1.29 is 45.3 Å². The number of carbonyl (C=O) groups excluding carboxylic acids is 3. The van der Waals surface area contributed by atoms with Crippen molar-refractivity contribution in [2.75, 3.05) is 6.61 Å². The summed E-state index contributed by atoms with van der Waals surface area (Å²) in [5.74, 6) is -0.132. The zero-order valence-corrected chi connectivity index (χ0v) is 43.7. The third-order valence-electron chi connectivity index (χ3n) is 13.8. The molecule has 0 radical (unpaired) electrons. The summed E-state index contributed by atoms with van der Waals surface area (Å²) in [6.45, 7) is 27.5. The maximum Gasteiger partial charge on any atom is 0.534 e. The van der Waals surface area contributed by atoms with Crippen LogP contribution >= 0.6 is 0 Å². The molecule has 4 aromatic carbocycles. The second-order valence-electron chi connectivity index (χ2n) is 20.2. The Labute approximate surface area is 405 Å². The second-order valence-corrected chi connectivity index (χ2v) is 21.7. The highest BCUT2D eigenvalue weighted by Crippen LogP contribution is 2.43. The minimum Gasteiger partial charge on any atom is -0.388 e. The van der Waals surface area contributed by atoms with Crippen LogP contribution in [0.3, 0.4) is 0 Å². The quantitative estimate of drug-likeness (QED) is 0.0565. The molecule has 4 rings (SSSR count). The van der Waals surface area contributed by atoms with Gasteiger partial charge in [-0.25, -0.2) is 0 Å². The van der Waals surface area contributed by atoms with Crippen molar-refractivity contribution in [2.45, 2.75) is 165 Å². The normalized spacial score (nSPS) is 12.7. The van der Waals surface area contributed by atoms with Crippen molar-refractivity contribution in [2.24, 2.45) is 10.8 Å². The fraction of sp³-hybridized carbons (Fsp3) is 0.491. The van der Waals surface area contributed by atoms with Crippen molar-refractivity contribution in [3.63, 3.8) is 0 Å². The molecule has 0 aliphatic heterocycles. The lowest BCUT2D eigenvalue weighted by molar-refractivity contribution is -0.126. The van der Waals surface area contributed by atoms with E-state index < -0.39 is 27.6 Å². The Morgan fingerprint density at radius 2 is 0.941 bits per heavy atom. The van der Waals surface area contributed by atoms with E-state index in [4.69, 9.17) is 5.11 Å². The minimum atomic E-state index is -5.74. The molecule has 372 valence electrons. The molecule has 0 aromatic heterocycles. The molecule has 0 heterocycles. The van der Waals surface area contributed by atoms with Crippen LogP contribution < -0.4 is 4.18 Å². The van der Waals surface area contributed by atoms with Gasteiger partial charge < -0.3 is 9.29 Å². The maximum absolute atomic E-state index is 12.7. The van der Waals surface area contributed by atoms with E-state index in [0.717, 1.165) is 65.5 Å². The molecule has 11 heteroatoms. The van der Waals surface area contributed by atoms with E-state index in [1.807, 2.05) is 74.4 Å². The lowest BCUT2D eigenvalue weighted by Crippen LogP contribution is -2.29. The van der Waals surface area contributed by atoms with Gasteiger partial charge in [-0.3, -0.25) is 14.4 Å². The Bertz CT molecular complexity index is 2550. The summed E-state index contributed by atoms with van der Waals surface area (Å²) in [6.07, 6.45) is 9.09. The number of rotatable bonds is 19. The zero-order valence-electron chi connectivity index (χ0n) is 42.9. The van der Waals surface area contributed by atoms with Gasteiger partial charge in [0.2, 0.25) is 0 Å². The molecule has 0 saturated carbocycles. The molecule has 7 nitrogen and oxygen atoms in total. The Kier molecular flexibility index (Phi) is 19.6. The molecule has 0 bridgehead atoms. The number of aliphatic hydroxyl groups is 1. The summed E-state index contributed by atoms with van der Waals surface area (Å²) < 4.78 is 65.5. The number of ketones is 3. The van der Waals surface area contributed by atoms with Gasteiger partial charge in [-0.1, -0.05) is 142 Å². The zero-order chi connectivity index (χ0) is 51.6. The summed E-state index contributed by atoms with van der Waals surface area (Å²) in [5, 5.41) is 8.94. The van der Waals surface area contributed by atoms with E-state index >= 15 is 0 Å². The topological polar surface area (TPSA) is 115 Å². The molecule has 68 heavy (non-hydrogen) atoms. The number of alkyl halides is 3. The molecule has 1 N–H and O–H groups in total. The van der Waals surface area contributed by atoms with Gasteiger partial charge in [-0.15, -0.1) is 0 Å². The summed E-state index contributed by atoms with van der Waals surface area (Å²) in [7, 11) is -5.74. The largest absolute Gasteiger partial charge is 0.534 e. The lowest BCUT2D eigenvalue weighted by Gasteiger charge is -2.34. The van der Waals surface area contributed by atoms with Crippen molar-refractivity contribution in [1.29, 1.82) is 0 Å². The molecule has 0 amide bonds. The Hall–Kier alpha value is -4.87. The van der Waals surface area contributed by atoms with Gasteiger partial charge in [-0.05, 0) is 140 Å². The van der Waals surface area contributed by atoms with E-state index in [-0.39, 0.29) is 33.6 Å². The second kappa shape index (κ2) is 23.2. The van der Waals surface area contributed by atoms with Gasteiger partial charge in [0.15, 0.2) is 5.78 Å². The van der Waals surface area contributed by atoms with Gasteiger partial charge in [-0.2, -0.15) is 21.6 Å². The van der Waals surface area contributed by atoms with Crippen LogP contribution in [0.25, 0.3) is 6.08 Å². The van der Waals surface area contributed by atoms with Crippen LogP contribution in [0.1, 0.15) is 169 Å². The number of benzene rings is 4. The first kappa shape index (κ1) is 57.4. The fourth-order valence-corrected chi connectivity index (χ4v) is 9.38. The summed E-state index contributed by atoms with van der Waals surface area (Å²) >= 11 is 0. The number of aliphatic hydroxyl groups excluding tert-OH is 1. The molecule has 0 fully saturated rings. The van der Waals surface area contributed by atoms with E-state index in [1.54, 1.807) is 18.2 Å². The van der Waals surface area contributed by atoms with Crippen LogP contribution in [0.4, 0.5) is 13.2 Å². The maximum atomic E-state index is 12.7. The van der Waals surface area contributed by atoms with Crippen LogP contribution in [-0.2, 0) is 48.2 Å². The van der Waals surface area contributed by atoms with Crippen molar-refractivity contribution in [1.82, 2.24) is 0 Å². The van der Waals surface area contributed by atoms with Crippen LogP contribution in [0.5, 0.6) is 5.75 Å². The number of hydrogen-bond acceptors (Lipinski definition) is 7. The molecule has 0 unspecified atom stereocenters. The first-order valence-electron chi connectivity index (χ1n) is 23.8. The van der Waals surface area contributed by atoms with E-state index in [0.29, 0.717) is 30.6 Å². The highest BCUT2D eigenvalue weighted by molar-refractivity contribution is 7.88. The first-order valence-corrected chi connectivity index (χ1v) is 25.2. The van der Waals surface area contributed by atoms with Gasteiger partial charge in [0.1, 0.15) is 23.9 Å². The van der Waals surface area contributed by atoms with Crippen LogP contribution in [0, 0.1) is 38.5 Å². The SMILES string of the molecule is CCC(CC)(c1ccc(/C=C/C(=O)CO)c(C)c1)c1ccc(CCC(=O)C(C)(C)C)c(C)c1.CCC(CC)(c1ccc(CCC(=O)C(C)(C)C)c(C)c1)c1ccc(OS(=O)(=O)C(F)(F)F)c(C)c1. The first-order chi connectivity index (χ1) is 31.5. The van der Waals surface area contributed by atoms with Crippen LogP contribution in [0.2, 0.25) is 0 Å². The molecule has 0 atom stereocenters. The molecule has 0 aliphatic carbocycles. The van der Waals surface area contributed by atoms with E-state index in [9.17, 15) is 36.0 Å². The number of halogens is 3. The predicted octanol–water partition coefficient (Wildman–Crippen LogP) is 13.7. The molecule has 0 spiro atoms. The monoisotopic (exact) mass is 961 g/mol. The fourth-order valence-electron chi connectivity index (χ4n) is 8.86. The third-order valence-corrected chi connectivity index (χ3v) is 14.7. The van der Waals surface area contributed by atoms with Gasteiger partial charge in [0.25, 0.3) is 0 Å². The molecule has 0 saturated heterocycles. The molecular weight excluding hydrogens is 886 g/mol. The number of aryl methyl sites for hydroxylation is 6. The van der Waals surface area contributed by atoms with Gasteiger partial charge in [0, 0.05) is 34.5 Å². The highest BCUT2D eigenvalue weighted by Gasteiger charge is 2.49. The number of carbonyl (C=O) groups is 3. The molecule has 0 aliphatic rings. The van der Waals surface area contributed by atoms with Crippen molar-refractivity contribution in [3.8, 4) is 5.75 Å². The van der Waals surface area contributed by atoms with Gasteiger partial charge >= 0.3 is 15.6 Å². The van der Waals surface area contributed by atoms with E-state index in [2.05, 4.69) is 74.3 Å². The van der Waals surface area contributed by atoms with Crippen molar-refractivity contribution >= 4 is 33.5 Å². The molecular formula is C57H75F3O7S. The molecule has 4 aromatic rings. The average Bonchev–Trinajstić information content (AvgIpc) is 3.26. The van der Waals surface area contributed by atoms with Crippen LogP contribution in [0.15, 0.2) is 78.9 Å². The highest BCUT2D eigenvalue weighted by atomic mass is 32.2. The summed E-state index contributed by atoms with van der Waals surface area (Å²) in [6, 6.07) is 24.0. The van der Waals surface area contributed by atoms with E-state index in [1.165, 1.54) is 41.3 Å².